The van der Waals surface area contributed by atoms with E-state index in [-0.39, 0.29) is 6.10 Å². The lowest BCUT2D eigenvalue weighted by molar-refractivity contribution is -0.311. The Labute approximate surface area is 222 Å². The molecule has 0 aromatic heterocycles. The van der Waals surface area contributed by atoms with Gasteiger partial charge in [0.25, 0.3) is 0 Å². The number of carboxylic acid groups (broad SMARTS) is 1. The maximum atomic E-state index is 10.8. The smallest absolute Gasteiger partial charge is 0.0850 e. The minimum absolute atomic E-state index is 0.241. The minimum atomic E-state index is -1.00. The molecule has 0 aromatic carbocycles. The average molecular weight is 504 g/mol. The summed E-state index contributed by atoms with van der Waals surface area (Å²) in [6.07, 6.45) is 18.8. The summed E-state index contributed by atoms with van der Waals surface area (Å²) in [7, 11) is 0. The predicted octanol–water partition coefficient (Wildman–Crippen LogP) is 7.31. The molecule has 0 spiro atoms. The fourth-order valence-corrected chi connectivity index (χ4v) is 4.93. The fraction of sp³-hybridized carbons (Fsp3) is 0.781. The molecule has 4 nitrogen and oxygen atoms in total. The number of ether oxygens (including phenoxy) is 1. The Morgan fingerprint density at radius 2 is 1.86 bits per heavy atom. The second kappa shape index (κ2) is 17.2. The molecule has 0 amide bonds. The summed E-state index contributed by atoms with van der Waals surface area (Å²) in [6, 6.07) is 0. The van der Waals surface area contributed by atoms with Gasteiger partial charge >= 0.3 is 0 Å². The van der Waals surface area contributed by atoms with E-state index >= 15 is 0 Å². The van der Waals surface area contributed by atoms with Gasteiger partial charge in [0, 0.05) is 18.5 Å². The summed E-state index contributed by atoms with van der Waals surface area (Å²) in [6.45, 7) is 15.7. The van der Waals surface area contributed by atoms with E-state index in [0.717, 1.165) is 45.1 Å². The Hall–Kier alpha value is -1.39. The van der Waals surface area contributed by atoms with Gasteiger partial charge in [-0.2, -0.15) is 0 Å². The molecule has 0 aliphatic heterocycles. The number of aliphatic carboxylic acids is 1. The third-order valence-corrected chi connectivity index (χ3v) is 8.01. The zero-order valence-electron chi connectivity index (χ0n) is 24.4. The number of carbonyl (C=O) groups is 1. The van der Waals surface area contributed by atoms with E-state index in [1.807, 2.05) is 6.92 Å². The lowest BCUT2D eigenvalue weighted by atomic mass is 9.83. The van der Waals surface area contributed by atoms with Gasteiger partial charge in [0.05, 0.1) is 11.7 Å². The van der Waals surface area contributed by atoms with Crippen LogP contribution in [0.15, 0.2) is 34.9 Å². The highest BCUT2D eigenvalue weighted by molar-refractivity contribution is 5.66. The molecule has 1 rings (SSSR count). The monoisotopic (exact) mass is 503 g/mol. The summed E-state index contributed by atoms with van der Waals surface area (Å²) in [4.78, 5) is 10.8. The molecule has 1 N–H and O–H groups in total. The van der Waals surface area contributed by atoms with E-state index in [2.05, 4.69) is 52.8 Å². The summed E-state index contributed by atoms with van der Waals surface area (Å²) in [5.41, 5.74) is 3.56. The average Bonchev–Trinajstić information content (AvgIpc) is 2.80. The van der Waals surface area contributed by atoms with Crippen LogP contribution in [0.5, 0.6) is 0 Å². The quantitative estimate of drug-likeness (QED) is 0.148. The number of carboxylic acids is 1. The Morgan fingerprint density at radius 3 is 2.53 bits per heavy atom. The Bertz CT molecular complexity index is 730. The maximum Gasteiger partial charge on any atom is 0.0850 e. The summed E-state index contributed by atoms with van der Waals surface area (Å²) in [5.74, 6) is -0.303. The van der Waals surface area contributed by atoms with E-state index in [0.29, 0.717) is 31.1 Å². The number of allylic oxidation sites excluding steroid dienone is 4. The van der Waals surface area contributed by atoms with Crippen LogP contribution in [0.1, 0.15) is 126 Å². The molecule has 4 heteroatoms. The van der Waals surface area contributed by atoms with Crippen LogP contribution in [0.4, 0.5) is 0 Å². The SMILES string of the molecule is CCCCOC1C(CCC(C)CC/C=C(\C)CCCC(C)(O)CCCC(C)C(=O)[O-])=CC=C(C)C1C. The maximum absolute atomic E-state index is 10.8. The number of hydrogen-bond acceptors (Lipinski definition) is 4. The van der Waals surface area contributed by atoms with Crippen LogP contribution < -0.4 is 5.11 Å². The topological polar surface area (TPSA) is 69.6 Å². The van der Waals surface area contributed by atoms with E-state index in [9.17, 15) is 15.0 Å². The van der Waals surface area contributed by atoms with E-state index in [1.54, 1.807) is 6.92 Å². The van der Waals surface area contributed by atoms with Crippen molar-refractivity contribution in [3.63, 3.8) is 0 Å². The largest absolute Gasteiger partial charge is 0.550 e. The number of aliphatic hydroxyl groups is 1. The Kier molecular flexibility index (Phi) is 15.6. The highest BCUT2D eigenvalue weighted by Crippen LogP contribution is 2.32. The van der Waals surface area contributed by atoms with Gasteiger partial charge < -0.3 is 19.7 Å². The van der Waals surface area contributed by atoms with Gasteiger partial charge in [-0.15, -0.1) is 0 Å². The van der Waals surface area contributed by atoms with Gasteiger partial charge in [-0.05, 0) is 109 Å². The van der Waals surface area contributed by atoms with Crippen LogP contribution in [0.3, 0.4) is 0 Å². The van der Waals surface area contributed by atoms with E-state index in [4.69, 9.17) is 4.74 Å². The predicted molar refractivity (Wildman–Crippen MR) is 150 cm³/mol. The van der Waals surface area contributed by atoms with Crippen molar-refractivity contribution in [2.45, 2.75) is 137 Å². The van der Waals surface area contributed by atoms with Crippen molar-refractivity contribution in [2.24, 2.45) is 17.8 Å². The second-order valence-electron chi connectivity index (χ2n) is 11.8. The third kappa shape index (κ3) is 13.2. The van der Waals surface area contributed by atoms with Crippen molar-refractivity contribution in [1.29, 1.82) is 0 Å². The molecule has 0 aromatic rings. The highest BCUT2D eigenvalue weighted by Gasteiger charge is 2.26. The first-order chi connectivity index (χ1) is 17.0. The van der Waals surface area contributed by atoms with Crippen LogP contribution in [0.2, 0.25) is 0 Å². The van der Waals surface area contributed by atoms with E-state index < -0.39 is 17.5 Å². The molecule has 0 fully saturated rings. The van der Waals surface area contributed by atoms with Gasteiger partial charge in [-0.1, -0.05) is 63.5 Å². The molecule has 5 unspecified atom stereocenters. The highest BCUT2D eigenvalue weighted by atomic mass is 16.5. The first-order valence-electron chi connectivity index (χ1n) is 14.5. The molecule has 0 saturated heterocycles. The van der Waals surface area contributed by atoms with Crippen LogP contribution in [-0.4, -0.2) is 29.4 Å². The molecule has 1 aliphatic carbocycles. The lowest BCUT2D eigenvalue weighted by Crippen LogP contribution is -2.30. The number of carbonyl (C=O) groups excluding carboxylic acids is 1. The number of rotatable bonds is 19. The third-order valence-electron chi connectivity index (χ3n) is 8.01. The van der Waals surface area contributed by atoms with Crippen LogP contribution in [0.25, 0.3) is 0 Å². The molecule has 208 valence electrons. The van der Waals surface area contributed by atoms with Gasteiger partial charge in [0.2, 0.25) is 0 Å². The molecule has 0 heterocycles. The van der Waals surface area contributed by atoms with E-state index in [1.165, 1.54) is 36.0 Å². The van der Waals surface area contributed by atoms with Crippen molar-refractivity contribution in [3.8, 4) is 0 Å². The molecule has 0 bridgehead atoms. The lowest BCUT2D eigenvalue weighted by Gasteiger charge is -2.31. The molecule has 0 saturated carbocycles. The number of unbranched alkanes of at least 4 members (excludes halogenated alkanes) is 1. The zero-order valence-corrected chi connectivity index (χ0v) is 24.4. The molecule has 0 radical (unpaired) electrons. The van der Waals surface area contributed by atoms with Crippen LogP contribution >= 0.6 is 0 Å². The second-order valence-corrected chi connectivity index (χ2v) is 11.8. The summed E-state index contributed by atoms with van der Waals surface area (Å²) in [5, 5.41) is 21.4. The van der Waals surface area contributed by atoms with Gasteiger partial charge in [0.15, 0.2) is 0 Å². The molecular weight excluding hydrogens is 448 g/mol. The number of hydrogen-bond donors (Lipinski definition) is 1. The zero-order chi connectivity index (χ0) is 27.1. The van der Waals surface area contributed by atoms with Gasteiger partial charge in [-0.3, -0.25) is 0 Å². The Morgan fingerprint density at radius 1 is 1.17 bits per heavy atom. The fourth-order valence-electron chi connectivity index (χ4n) is 4.93. The summed E-state index contributed by atoms with van der Waals surface area (Å²) < 4.78 is 6.30. The van der Waals surface area contributed by atoms with Gasteiger partial charge in [-0.25, -0.2) is 0 Å². The molecular formula is C32H55O4-. The van der Waals surface area contributed by atoms with Gasteiger partial charge in [0.1, 0.15) is 0 Å². The first-order valence-corrected chi connectivity index (χ1v) is 14.5. The first kappa shape index (κ1) is 32.6. The standard InChI is InChI=1S/C32H56O4/c1-8-9-23-36-30-28(6)26(4)18-20-29(30)19-17-25(3)14-10-13-24(2)15-11-21-32(7,35)22-12-16-27(5)31(33)34/h13,18,20,25,27-28,30,35H,8-12,14-17,19,21-23H2,1-7H3,(H,33,34)/p-1/b24-13+. The summed E-state index contributed by atoms with van der Waals surface area (Å²) >= 11 is 0. The van der Waals surface area contributed by atoms with Crippen molar-refractivity contribution >= 4 is 5.97 Å². The Balaban J connectivity index is 2.33. The minimum Gasteiger partial charge on any atom is -0.550 e. The van der Waals surface area contributed by atoms with Crippen molar-refractivity contribution in [2.75, 3.05) is 6.61 Å². The van der Waals surface area contributed by atoms with Crippen molar-refractivity contribution < 1.29 is 19.7 Å². The van der Waals surface area contributed by atoms with Crippen molar-refractivity contribution in [3.05, 3.63) is 34.9 Å². The normalized spacial score (nSPS) is 21.9. The van der Waals surface area contributed by atoms with Crippen LogP contribution in [0, 0.1) is 17.8 Å². The molecule has 36 heavy (non-hydrogen) atoms. The molecule has 1 aliphatic rings. The van der Waals surface area contributed by atoms with Crippen LogP contribution in [-0.2, 0) is 9.53 Å². The van der Waals surface area contributed by atoms with Crippen molar-refractivity contribution in [1.82, 2.24) is 0 Å². The molecule has 5 atom stereocenters.